The Morgan fingerprint density at radius 1 is 1.07 bits per heavy atom. The lowest BCUT2D eigenvalue weighted by Gasteiger charge is -2.28. The fourth-order valence-electron chi connectivity index (χ4n) is 4.59. The second-order valence-corrected chi connectivity index (χ2v) is 7.81. The van der Waals surface area contributed by atoms with Crippen LogP contribution in [-0.2, 0) is 19.5 Å². The topological polar surface area (TPSA) is 74.2 Å². The highest BCUT2D eigenvalue weighted by Crippen LogP contribution is 2.27. The van der Waals surface area contributed by atoms with E-state index < -0.39 is 0 Å². The Morgan fingerprint density at radius 3 is 2.66 bits per heavy atom. The molecule has 0 saturated carbocycles. The number of benzene rings is 1. The molecule has 3 aromatic rings. The summed E-state index contributed by atoms with van der Waals surface area (Å²) in [5.41, 5.74) is 4.18. The van der Waals surface area contributed by atoms with Crippen LogP contribution in [0.25, 0.3) is 10.9 Å². The monoisotopic (exact) mass is 391 g/mol. The van der Waals surface area contributed by atoms with Crippen molar-refractivity contribution < 1.29 is 9.59 Å². The van der Waals surface area contributed by atoms with Gasteiger partial charge in [-0.05, 0) is 25.8 Å². The van der Waals surface area contributed by atoms with Crippen LogP contribution < -0.4 is 0 Å². The smallest absolute Gasteiger partial charge is 0.274 e. The highest BCUT2D eigenvalue weighted by Gasteiger charge is 2.33. The van der Waals surface area contributed by atoms with E-state index in [1.807, 2.05) is 45.7 Å². The number of nitrogens with one attached hydrogen (secondary N) is 1. The van der Waals surface area contributed by atoms with Gasteiger partial charge in [0.2, 0.25) is 0 Å². The average Bonchev–Trinajstić information content (AvgIpc) is 3.50. The number of nitrogens with zero attached hydrogens (tertiary/aromatic N) is 4. The zero-order valence-corrected chi connectivity index (χ0v) is 16.6. The Balaban J connectivity index is 1.47. The molecule has 0 radical (unpaired) electrons. The second-order valence-electron chi connectivity index (χ2n) is 7.81. The van der Waals surface area contributed by atoms with Gasteiger partial charge < -0.3 is 14.8 Å². The number of aromatic amines is 1. The number of aryl methyl sites for hydroxylation is 1. The molecule has 1 N–H and O–H groups in total. The molecule has 1 fully saturated rings. The number of likely N-dealkylation sites (tertiary alicyclic amines) is 1. The van der Waals surface area contributed by atoms with Gasteiger partial charge >= 0.3 is 0 Å². The first-order chi connectivity index (χ1) is 14.2. The lowest BCUT2D eigenvalue weighted by molar-refractivity contribution is 0.0724. The highest BCUT2D eigenvalue weighted by atomic mass is 16.2. The maximum absolute atomic E-state index is 13.3. The first-order valence-electron chi connectivity index (χ1n) is 10.4. The molecule has 1 aromatic carbocycles. The molecule has 0 spiro atoms. The summed E-state index contributed by atoms with van der Waals surface area (Å²) in [5.74, 6) is 0.00395. The zero-order chi connectivity index (χ0) is 20.0. The molecule has 150 valence electrons. The van der Waals surface area contributed by atoms with Gasteiger partial charge in [-0.25, -0.2) is 0 Å². The molecule has 2 aromatic heterocycles. The minimum absolute atomic E-state index is 0.00285. The van der Waals surface area contributed by atoms with Gasteiger partial charge in [0.1, 0.15) is 0 Å². The third kappa shape index (κ3) is 2.92. The number of amides is 2. The van der Waals surface area contributed by atoms with Crippen LogP contribution in [0.2, 0.25) is 0 Å². The summed E-state index contributed by atoms with van der Waals surface area (Å²) in [4.78, 5) is 33.3. The molecule has 1 saturated heterocycles. The Hall–Kier alpha value is -3.09. The van der Waals surface area contributed by atoms with Crippen molar-refractivity contribution in [2.75, 3.05) is 19.6 Å². The quantitative estimate of drug-likeness (QED) is 0.746. The van der Waals surface area contributed by atoms with Gasteiger partial charge in [0.05, 0.1) is 12.1 Å². The Kier molecular flexibility index (Phi) is 4.38. The number of carbonyl (C=O) groups excluding carboxylic acids is 2. The summed E-state index contributed by atoms with van der Waals surface area (Å²) in [7, 11) is 0. The first-order valence-corrected chi connectivity index (χ1v) is 10.4. The van der Waals surface area contributed by atoms with Gasteiger partial charge in [-0.3, -0.25) is 14.3 Å². The van der Waals surface area contributed by atoms with Gasteiger partial charge in [-0.1, -0.05) is 18.2 Å². The van der Waals surface area contributed by atoms with E-state index in [0.717, 1.165) is 61.1 Å². The van der Waals surface area contributed by atoms with E-state index in [9.17, 15) is 9.59 Å². The predicted molar refractivity (Wildman–Crippen MR) is 110 cm³/mol. The van der Waals surface area contributed by atoms with E-state index in [1.165, 1.54) is 0 Å². The fourth-order valence-corrected chi connectivity index (χ4v) is 4.59. The van der Waals surface area contributed by atoms with E-state index >= 15 is 0 Å². The normalized spacial score (nSPS) is 16.4. The molecule has 0 aliphatic carbocycles. The third-order valence-electron chi connectivity index (χ3n) is 6.14. The largest absolute Gasteiger partial charge is 0.360 e. The van der Waals surface area contributed by atoms with Crippen molar-refractivity contribution in [1.29, 1.82) is 0 Å². The number of para-hydroxylation sites is 1. The van der Waals surface area contributed by atoms with E-state index in [1.54, 1.807) is 6.20 Å². The number of fused-ring (bicyclic) bond motifs is 2. The molecular weight excluding hydrogens is 366 g/mol. The van der Waals surface area contributed by atoms with Crippen LogP contribution in [0, 0.1) is 0 Å². The van der Waals surface area contributed by atoms with Crippen LogP contribution in [0.15, 0.2) is 30.5 Å². The minimum Gasteiger partial charge on any atom is -0.360 e. The summed E-state index contributed by atoms with van der Waals surface area (Å²) in [5, 5.41) is 5.57. The summed E-state index contributed by atoms with van der Waals surface area (Å²) in [6.07, 6.45) is 4.60. The fraction of sp³-hybridized carbons (Fsp3) is 0.409. The van der Waals surface area contributed by atoms with Crippen LogP contribution >= 0.6 is 0 Å². The standard InChI is InChI=1S/C22H25N5O2/c1-2-27-19-9-12-26(21(28)16-13-23-18-8-4-3-7-15(16)18)14-17(19)20(24-27)22(29)25-10-5-6-11-25/h3-4,7-8,13,23H,2,5-6,9-12,14H2,1H3. The van der Waals surface area contributed by atoms with Crippen LogP contribution in [0.4, 0.5) is 0 Å². The van der Waals surface area contributed by atoms with Gasteiger partial charge in [0, 0.05) is 61.0 Å². The molecule has 0 unspecified atom stereocenters. The molecular formula is C22H25N5O2. The van der Waals surface area contributed by atoms with Crippen molar-refractivity contribution >= 4 is 22.7 Å². The van der Waals surface area contributed by atoms with Crippen molar-refractivity contribution in [1.82, 2.24) is 24.6 Å². The van der Waals surface area contributed by atoms with E-state index in [0.29, 0.717) is 24.3 Å². The average molecular weight is 391 g/mol. The molecule has 5 rings (SSSR count). The predicted octanol–water partition coefficient (Wildman–Crippen LogP) is 2.82. The summed E-state index contributed by atoms with van der Waals surface area (Å²) in [6.45, 7) is 5.43. The van der Waals surface area contributed by atoms with Crippen LogP contribution in [-0.4, -0.2) is 56.0 Å². The molecule has 2 amide bonds. The Morgan fingerprint density at radius 2 is 1.86 bits per heavy atom. The molecule has 0 atom stereocenters. The van der Waals surface area contributed by atoms with E-state index in [2.05, 4.69) is 10.1 Å². The number of hydrogen-bond donors (Lipinski definition) is 1. The first kappa shape index (κ1) is 18.0. The highest BCUT2D eigenvalue weighted by molar-refractivity contribution is 6.06. The molecule has 7 nitrogen and oxygen atoms in total. The van der Waals surface area contributed by atoms with Crippen molar-refractivity contribution in [3.63, 3.8) is 0 Å². The molecule has 7 heteroatoms. The van der Waals surface area contributed by atoms with Crippen LogP contribution in [0.1, 0.15) is 51.9 Å². The van der Waals surface area contributed by atoms with Crippen molar-refractivity contribution in [3.8, 4) is 0 Å². The second kappa shape index (κ2) is 7.06. The van der Waals surface area contributed by atoms with Crippen LogP contribution in [0.5, 0.6) is 0 Å². The Labute approximate surface area is 169 Å². The van der Waals surface area contributed by atoms with Crippen molar-refractivity contribution in [2.45, 2.75) is 39.3 Å². The number of hydrogen-bond acceptors (Lipinski definition) is 3. The summed E-state index contributed by atoms with van der Waals surface area (Å²) < 4.78 is 1.94. The Bertz CT molecular complexity index is 1090. The third-order valence-corrected chi connectivity index (χ3v) is 6.14. The molecule has 29 heavy (non-hydrogen) atoms. The summed E-state index contributed by atoms with van der Waals surface area (Å²) in [6, 6.07) is 7.83. The molecule has 4 heterocycles. The van der Waals surface area contributed by atoms with Gasteiger partial charge in [0.15, 0.2) is 5.69 Å². The van der Waals surface area contributed by atoms with Gasteiger partial charge in [0.25, 0.3) is 11.8 Å². The maximum atomic E-state index is 13.3. The van der Waals surface area contributed by atoms with Crippen molar-refractivity contribution in [2.24, 2.45) is 0 Å². The minimum atomic E-state index is -0.00285. The van der Waals surface area contributed by atoms with E-state index in [4.69, 9.17) is 0 Å². The lowest BCUT2D eigenvalue weighted by Crippen LogP contribution is -2.37. The zero-order valence-electron chi connectivity index (χ0n) is 16.6. The number of aromatic nitrogens is 3. The number of H-pyrrole nitrogens is 1. The van der Waals surface area contributed by atoms with E-state index in [-0.39, 0.29) is 11.8 Å². The van der Waals surface area contributed by atoms with Gasteiger partial charge in [-0.2, -0.15) is 5.10 Å². The molecule has 2 aliphatic rings. The SMILES string of the molecule is CCn1nc(C(=O)N2CCCC2)c2c1CCN(C(=O)c1c[nH]c3ccccc13)C2. The lowest BCUT2D eigenvalue weighted by atomic mass is 10.0. The van der Waals surface area contributed by atoms with Gasteiger partial charge in [-0.15, -0.1) is 0 Å². The molecule has 2 aliphatic heterocycles. The maximum Gasteiger partial charge on any atom is 0.274 e. The molecule has 0 bridgehead atoms. The summed E-state index contributed by atoms with van der Waals surface area (Å²) >= 11 is 0. The van der Waals surface area contributed by atoms with Crippen molar-refractivity contribution in [3.05, 3.63) is 53.0 Å². The number of carbonyl (C=O) groups is 2. The number of rotatable bonds is 3. The van der Waals surface area contributed by atoms with Crippen LogP contribution in [0.3, 0.4) is 0 Å².